The zero-order valence-electron chi connectivity index (χ0n) is 13.3. The highest BCUT2D eigenvalue weighted by Gasteiger charge is 2.30. The Hall–Kier alpha value is -1.07. The zero-order chi connectivity index (χ0) is 14.7. The summed E-state index contributed by atoms with van der Waals surface area (Å²) in [6.07, 6.45) is 5.85. The van der Waals surface area contributed by atoms with Crippen LogP contribution in [0.25, 0.3) is 0 Å². The molecule has 0 amide bonds. The molecule has 0 bridgehead atoms. The normalized spacial score (nSPS) is 23.6. The van der Waals surface area contributed by atoms with E-state index in [0.29, 0.717) is 12.0 Å². The second kappa shape index (κ2) is 6.79. The van der Waals surface area contributed by atoms with Crippen molar-refractivity contribution >= 4 is 6.01 Å². The van der Waals surface area contributed by atoms with Gasteiger partial charge in [-0.1, -0.05) is 20.3 Å². The van der Waals surface area contributed by atoms with Gasteiger partial charge in [0.15, 0.2) is 0 Å². The third-order valence-corrected chi connectivity index (χ3v) is 4.51. The molecule has 0 aliphatic carbocycles. The number of piperidine rings is 1. The van der Waals surface area contributed by atoms with Gasteiger partial charge in [0.05, 0.1) is 5.69 Å². The van der Waals surface area contributed by atoms with Gasteiger partial charge >= 0.3 is 0 Å². The van der Waals surface area contributed by atoms with Crippen molar-refractivity contribution < 1.29 is 4.42 Å². The minimum absolute atomic E-state index is 0.663. The lowest BCUT2D eigenvalue weighted by atomic mass is 10.00. The van der Waals surface area contributed by atoms with Crippen LogP contribution in [0, 0.1) is 5.92 Å². The highest BCUT2D eigenvalue weighted by Crippen LogP contribution is 2.24. The van der Waals surface area contributed by atoms with Crippen LogP contribution in [0.4, 0.5) is 6.01 Å². The van der Waals surface area contributed by atoms with E-state index in [2.05, 4.69) is 33.9 Å². The predicted molar refractivity (Wildman–Crippen MR) is 84.5 cm³/mol. The highest BCUT2D eigenvalue weighted by atomic mass is 16.4. The Morgan fingerprint density at radius 2 is 2.24 bits per heavy atom. The van der Waals surface area contributed by atoms with Crippen LogP contribution in [0.3, 0.4) is 0 Å². The van der Waals surface area contributed by atoms with E-state index in [1.54, 1.807) is 6.26 Å². The Balaban J connectivity index is 1.53. The summed E-state index contributed by atoms with van der Waals surface area (Å²) in [4.78, 5) is 9.60. The number of hydrogen-bond donors (Lipinski definition) is 1. The molecule has 2 fully saturated rings. The van der Waals surface area contributed by atoms with Gasteiger partial charge in [-0.05, 0) is 31.8 Å². The number of hydrogen-bond acceptors (Lipinski definition) is 5. The maximum absolute atomic E-state index is 5.70. The molecular formula is C16H28N4O. The summed E-state index contributed by atoms with van der Waals surface area (Å²) in [6, 6.07) is 1.50. The predicted octanol–water partition coefficient (Wildman–Crippen LogP) is 2.09. The number of rotatable bonds is 5. The van der Waals surface area contributed by atoms with Crippen molar-refractivity contribution in [2.45, 2.75) is 45.7 Å². The van der Waals surface area contributed by atoms with Crippen LogP contribution in [-0.4, -0.2) is 48.6 Å². The number of anilines is 1. The van der Waals surface area contributed by atoms with E-state index in [-0.39, 0.29) is 0 Å². The summed E-state index contributed by atoms with van der Waals surface area (Å²) in [7, 11) is 0. The van der Waals surface area contributed by atoms with E-state index in [9.17, 15) is 0 Å². The van der Waals surface area contributed by atoms with E-state index < -0.39 is 0 Å². The lowest BCUT2D eigenvalue weighted by Gasteiger charge is -2.43. The first-order chi connectivity index (χ1) is 10.2. The molecule has 3 rings (SSSR count). The first kappa shape index (κ1) is 14.9. The molecule has 118 valence electrons. The molecule has 0 saturated carbocycles. The molecule has 1 unspecified atom stereocenters. The summed E-state index contributed by atoms with van der Waals surface area (Å²) < 4.78 is 5.70. The fourth-order valence-electron chi connectivity index (χ4n) is 3.34. The molecule has 0 aromatic carbocycles. The average molecular weight is 292 g/mol. The Morgan fingerprint density at radius 3 is 3.10 bits per heavy atom. The molecule has 0 radical (unpaired) electrons. The fraction of sp³-hybridized carbons (Fsp3) is 0.812. The van der Waals surface area contributed by atoms with Crippen LogP contribution in [0.15, 0.2) is 10.7 Å². The Labute approximate surface area is 127 Å². The van der Waals surface area contributed by atoms with Crippen molar-refractivity contribution in [1.29, 1.82) is 0 Å². The maximum atomic E-state index is 5.70. The SMILES string of the molecule is CC(C)CNCc1coc(N2CCN3CCCCC3C2)n1. The number of piperazine rings is 1. The van der Waals surface area contributed by atoms with E-state index in [1.165, 1.54) is 25.8 Å². The van der Waals surface area contributed by atoms with Gasteiger partial charge in [0, 0.05) is 32.2 Å². The summed E-state index contributed by atoms with van der Waals surface area (Å²) >= 11 is 0. The Bertz CT molecular complexity index is 445. The van der Waals surface area contributed by atoms with Gasteiger partial charge in [0.1, 0.15) is 6.26 Å². The van der Waals surface area contributed by atoms with Gasteiger partial charge in [0.25, 0.3) is 6.01 Å². The van der Waals surface area contributed by atoms with Crippen molar-refractivity contribution in [2.24, 2.45) is 5.92 Å². The summed E-state index contributed by atoms with van der Waals surface area (Å²) in [5.74, 6) is 0.663. The first-order valence-electron chi connectivity index (χ1n) is 8.36. The third kappa shape index (κ3) is 3.77. The van der Waals surface area contributed by atoms with Crippen molar-refractivity contribution in [1.82, 2.24) is 15.2 Å². The van der Waals surface area contributed by atoms with Gasteiger partial charge in [-0.3, -0.25) is 4.90 Å². The number of nitrogens with one attached hydrogen (secondary N) is 1. The minimum atomic E-state index is 0.663. The van der Waals surface area contributed by atoms with Gasteiger partial charge in [0.2, 0.25) is 0 Å². The Morgan fingerprint density at radius 1 is 1.33 bits per heavy atom. The molecule has 5 nitrogen and oxygen atoms in total. The molecule has 2 aliphatic heterocycles. The number of nitrogens with zero attached hydrogens (tertiary/aromatic N) is 3. The van der Waals surface area contributed by atoms with Crippen molar-refractivity contribution in [2.75, 3.05) is 37.6 Å². The quantitative estimate of drug-likeness (QED) is 0.900. The maximum Gasteiger partial charge on any atom is 0.297 e. The molecule has 1 aromatic heterocycles. The average Bonchev–Trinajstić information content (AvgIpc) is 2.95. The van der Waals surface area contributed by atoms with Crippen molar-refractivity contribution in [3.63, 3.8) is 0 Å². The molecule has 1 atom stereocenters. The largest absolute Gasteiger partial charge is 0.432 e. The van der Waals surface area contributed by atoms with Crippen LogP contribution in [0.1, 0.15) is 38.8 Å². The van der Waals surface area contributed by atoms with Crippen LogP contribution in [0.5, 0.6) is 0 Å². The third-order valence-electron chi connectivity index (χ3n) is 4.51. The van der Waals surface area contributed by atoms with Crippen LogP contribution in [0.2, 0.25) is 0 Å². The second-order valence-electron chi connectivity index (χ2n) is 6.78. The van der Waals surface area contributed by atoms with E-state index >= 15 is 0 Å². The van der Waals surface area contributed by atoms with Crippen LogP contribution >= 0.6 is 0 Å². The van der Waals surface area contributed by atoms with E-state index in [4.69, 9.17) is 4.42 Å². The Kier molecular flexibility index (Phi) is 4.80. The fourth-order valence-corrected chi connectivity index (χ4v) is 3.34. The highest BCUT2D eigenvalue weighted by molar-refractivity contribution is 5.29. The first-order valence-corrected chi connectivity index (χ1v) is 8.36. The van der Waals surface area contributed by atoms with Crippen LogP contribution in [-0.2, 0) is 6.54 Å². The molecule has 0 spiro atoms. The zero-order valence-corrected chi connectivity index (χ0v) is 13.3. The molecule has 1 aromatic rings. The number of fused-ring (bicyclic) bond motifs is 1. The number of aromatic nitrogens is 1. The van der Waals surface area contributed by atoms with Gasteiger partial charge < -0.3 is 14.6 Å². The summed E-state index contributed by atoms with van der Waals surface area (Å²) in [5, 5.41) is 3.41. The lowest BCUT2D eigenvalue weighted by molar-refractivity contribution is 0.131. The topological polar surface area (TPSA) is 44.5 Å². The summed E-state index contributed by atoms with van der Waals surface area (Å²) in [6.45, 7) is 10.8. The van der Waals surface area contributed by atoms with Crippen LogP contribution < -0.4 is 10.2 Å². The minimum Gasteiger partial charge on any atom is -0.432 e. The second-order valence-corrected chi connectivity index (χ2v) is 6.78. The monoisotopic (exact) mass is 292 g/mol. The lowest BCUT2D eigenvalue weighted by Crippen LogP contribution is -2.55. The molecular weight excluding hydrogens is 264 g/mol. The van der Waals surface area contributed by atoms with Crippen molar-refractivity contribution in [3.8, 4) is 0 Å². The smallest absolute Gasteiger partial charge is 0.297 e. The van der Waals surface area contributed by atoms with E-state index in [1.807, 2.05) is 0 Å². The molecule has 2 saturated heterocycles. The number of oxazole rings is 1. The van der Waals surface area contributed by atoms with E-state index in [0.717, 1.165) is 44.4 Å². The molecule has 2 aliphatic rings. The molecule has 5 heteroatoms. The van der Waals surface area contributed by atoms with Crippen molar-refractivity contribution in [3.05, 3.63) is 12.0 Å². The van der Waals surface area contributed by atoms with Gasteiger partial charge in [-0.15, -0.1) is 0 Å². The van der Waals surface area contributed by atoms with Gasteiger partial charge in [-0.25, -0.2) is 0 Å². The standard InChI is InChI=1S/C16H28N4O/c1-13(2)9-17-10-14-12-21-16(18-14)20-8-7-19-6-4-3-5-15(19)11-20/h12-13,15,17H,3-11H2,1-2H3. The molecule has 21 heavy (non-hydrogen) atoms. The van der Waals surface area contributed by atoms with Gasteiger partial charge in [-0.2, -0.15) is 4.98 Å². The summed E-state index contributed by atoms with van der Waals surface area (Å²) in [5.41, 5.74) is 1.01. The molecule has 1 N–H and O–H groups in total. The molecule has 3 heterocycles.